The molecule has 0 aromatic rings. The van der Waals surface area contributed by atoms with Gasteiger partial charge in [0, 0.05) is 18.0 Å². The molecule has 19 heavy (non-hydrogen) atoms. The Morgan fingerprint density at radius 3 is 2.37 bits per heavy atom. The lowest BCUT2D eigenvalue weighted by Gasteiger charge is -2.46. The fourth-order valence-electron chi connectivity index (χ4n) is 5.28. The summed E-state index contributed by atoms with van der Waals surface area (Å²) in [5.74, 6) is 3.23. The molecule has 4 atom stereocenters. The van der Waals surface area contributed by atoms with Gasteiger partial charge in [0.15, 0.2) is 0 Å². The van der Waals surface area contributed by atoms with Crippen molar-refractivity contribution in [3.8, 4) is 0 Å². The smallest absolute Gasteiger partial charge is 0.134 e. The van der Waals surface area contributed by atoms with Crippen LogP contribution in [-0.2, 0) is 4.79 Å². The summed E-state index contributed by atoms with van der Waals surface area (Å²) in [6.45, 7) is 4.23. The van der Waals surface area contributed by atoms with Gasteiger partial charge >= 0.3 is 0 Å². The van der Waals surface area contributed by atoms with Gasteiger partial charge in [-0.1, -0.05) is 19.8 Å². The fraction of sp³-hybridized carbons (Fsp3) is 0.941. The van der Waals surface area contributed by atoms with E-state index in [2.05, 4.69) is 18.9 Å². The number of nitrogens with zero attached hydrogens (tertiary/aromatic N) is 1. The maximum atomic E-state index is 12.2. The Morgan fingerprint density at radius 2 is 1.74 bits per heavy atom. The van der Waals surface area contributed by atoms with Crippen LogP contribution < -0.4 is 0 Å². The van der Waals surface area contributed by atoms with Gasteiger partial charge in [-0.25, -0.2) is 0 Å². The zero-order valence-electron chi connectivity index (χ0n) is 12.8. The number of rotatable bonds is 2. The third-order valence-corrected chi connectivity index (χ3v) is 6.45. The highest BCUT2D eigenvalue weighted by Crippen LogP contribution is 2.48. The number of hydrogen-bond donors (Lipinski definition) is 0. The normalized spacial score (nSPS) is 47.3. The second-order valence-corrected chi connectivity index (χ2v) is 7.52. The SMILES string of the molecule is CC(=O)[C@@H]1C2CC[C@H](C[C@@H]1C1CCC(C)CC1)N2C. The van der Waals surface area contributed by atoms with E-state index in [9.17, 15) is 4.79 Å². The maximum Gasteiger partial charge on any atom is 0.134 e. The van der Waals surface area contributed by atoms with Gasteiger partial charge in [-0.3, -0.25) is 9.69 Å². The van der Waals surface area contributed by atoms with Gasteiger partial charge in [-0.05, 0) is 63.8 Å². The summed E-state index contributed by atoms with van der Waals surface area (Å²) in [6.07, 6.45) is 9.39. The van der Waals surface area contributed by atoms with Crippen molar-refractivity contribution < 1.29 is 4.79 Å². The first kappa shape index (κ1) is 13.6. The Morgan fingerprint density at radius 1 is 1.05 bits per heavy atom. The molecule has 2 aliphatic heterocycles. The van der Waals surface area contributed by atoms with Gasteiger partial charge in [-0.2, -0.15) is 0 Å². The minimum atomic E-state index is 0.335. The summed E-state index contributed by atoms with van der Waals surface area (Å²) in [4.78, 5) is 14.7. The van der Waals surface area contributed by atoms with E-state index in [0.717, 1.165) is 17.9 Å². The Kier molecular flexibility index (Phi) is 3.72. The van der Waals surface area contributed by atoms with E-state index >= 15 is 0 Å². The molecule has 1 aliphatic carbocycles. The number of Topliss-reactive ketones (excluding diaryl/α,β-unsaturated/α-hetero) is 1. The Labute approximate surface area is 117 Å². The van der Waals surface area contributed by atoms with Crippen molar-refractivity contribution in [1.29, 1.82) is 0 Å². The summed E-state index contributed by atoms with van der Waals surface area (Å²) in [5, 5.41) is 0. The molecule has 3 fully saturated rings. The van der Waals surface area contributed by atoms with Gasteiger partial charge in [-0.15, -0.1) is 0 Å². The van der Waals surface area contributed by atoms with Crippen LogP contribution in [-0.4, -0.2) is 29.8 Å². The van der Waals surface area contributed by atoms with E-state index in [1.807, 2.05) is 6.92 Å². The van der Waals surface area contributed by atoms with E-state index in [1.165, 1.54) is 44.9 Å². The zero-order valence-corrected chi connectivity index (χ0v) is 12.8. The number of carbonyl (C=O) groups excluding carboxylic acids is 1. The average molecular weight is 263 g/mol. The average Bonchev–Trinajstić information content (AvgIpc) is 2.63. The van der Waals surface area contributed by atoms with Crippen molar-refractivity contribution in [3.05, 3.63) is 0 Å². The topological polar surface area (TPSA) is 20.3 Å². The van der Waals surface area contributed by atoms with Crippen molar-refractivity contribution in [1.82, 2.24) is 4.90 Å². The molecule has 0 N–H and O–H groups in total. The number of carbonyl (C=O) groups is 1. The Bertz CT molecular complexity index is 345. The number of piperidine rings is 1. The van der Waals surface area contributed by atoms with Crippen LogP contribution in [0.15, 0.2) is 0 Å². The van der Waals surface area contributed by atoms with E-state index in [-0.39, 0.29) is 0 Å². The monoisotopic (exact) mass is 263 g/mol. The lowest BCUT2D eigenvalue weighted by molar-refractivity contribution is -0.128. The van der Waals surface area contributed by atoms with Crippen LogP contribution in [0.5, 0.6) is 0 Å². The van der Waals surface area contributed by atoms with E-state index in [0.29, 0.717) is 23.7 Å². The number of hydrogen-bond acceptors (Lipinski definition) is 2. The van der Waals surface area contributed by atoms with Gasteiger partial charge in [0.25, 0.3) is 0 Å². The molecule has 2 saturated heterocycles. The van der Waals surface area contributed by atoms with Crippen LogP contribution in [0.4, 0.5) is 0 Å². The van der Waals surface area contributed by atoms with Crippen molar-refractivity contribution in [2.45, 2.75) is 70.9 Å². The molecule has 2 nitrogen and oxygen atoms in total. The van der Waals surface area contributed by atoms with Crippen LogP contribution in [0.2, 0.25) is 0 Å². The largest absolute Gasteiger partial charge is 0.300 e. The van der Waals surface area contributed by atoms with E-state index in [1.54, 1.807) is 0 Å². The quantitative estimate of drug-likeness (QED) is 0.760. The molecule has 2 bridgehead atoms. The minimum absolute atomic E-state index is 0.335. The van der Waals surface area contributed by atoms with Crippen molar-refractivity contribution >= 4 is 5.78 Å². The maximum absolute atomic E-state index is 12.2. The molecule has 2 heteroatoms. The van der Waals surface area contributed by atoms with Crippen LogP contribution in [0, 0.1) is 23.7 Å². The molecule has 1 unspecified atom stereocenters. The molecular formula is C17H29NO. The first-order chi connectivity index (χ1) is 9.08. The van der Waals surface area contributed by atoms with Gasteiger partial charge in [0.1, 0.15) is 5.78 Å². The van der Waals surface area contributed by atoms with Crippen molar-refractivity contribution in [2.24, 2.45) is 23.7 Å². The van der Waals surface area contributed by atoms with Crippen molar-refractivity contribution in [2.75, 3.05) is 7.05 Å². The predicted molar refractivity (Wildman–Crippen MR) is 78.0 cm³/mol. The van der Waals surface area contributed by atoms with Crippen LogP contribution in [0.3, 0.4) is 0 Å². The summed E-state index contributed by atoms with van der Waals surface area (Å²) >= 11 is 0. The number of fused-ring (bicyclic) bond motifs is 2. The summed E-state index contributed by atoms with van der Waals surface area (Å²) < 4.78 is 0. The van der Waals surface area contributed by atoms with E-state index < -0.39 is 0 Å². The molecule has 0 aromatic heterocycles. The highest BCUT2D eigenvalue weighted by molar-refractivity contribution is 5.79. The van der Waals surface area contributed by atoms with Crippen LogP contribution in [0.25, 0.3) is 0 Å². The third-order valence-electron chi connectivity index (χ3n) is 6.45. The summed E-state index contributed by atoms with van der Waals surface area (Å²) in [6, 6.07) is 1.32. The molecule has 0 spiro atoms. The summed E-state index contributed by atoms with van der Waals surface area (Å²) in [5.41, 5.74) is 0. The van der Waals surface area contributed by atoms with Crippen LogP contribution >= 0.6 is 0 Å². The zero-order chi connectivity index (χ0) is 13.6. The highest BCUT2D eigenvalue weighted by atomic mass is 16.1. The lowest BCUT2D eigenvalue weighted by atomic mass is 9.66. The lowest BCUT2D eigenvalue weighted by Crippen LogP contribution is -2.51. The molecule has 1 saturated carbocycles. The second kappa shape index (κ2) is 5.20. The standard InChI is InChI=1S/C17H29NO/c1-11-4-6-13(7-5-11)15-10-14-8-9-16(18(14)3)17(15)12(2)19/h11,13-17H,4-10H2,1-3H3/t11?,13?,14-,15-,16?,17+/m1/s1. The first-order valence-electron chi connectivity index (χ1n) is 8.30. The molecule has 3 aliphatic rings. The molecule has 3 rings (SSSR count). The molecular weight excluding hydrogens is 234 g/mol. The van der Waals surface area contributed by atoms with Crippen molar-refractivity contribution in [3.63, 3.8) is 0 Å². The van der Waals surface area contributed by atoms with Crippen LogP contribution in [0.1, 0.15) is 58.8 Å². The Balaban J connectivity index is 1.78. The fourth-order valence-corrected chi connectivity index (χ4v) is 5.28. The number of ketones is 1. The molecule has 2 heterocycles. The van der Waals surface area contributed by atoms with Gasteiger partial charge in [0.05, 0.1) is 0 Å². The predicted octanol–water partition coefficient (Wildman–Crippen LogP) is 3.50. The molecule has 0 aromatic carbocycles. The van der Waals surface area contributed by atoms with E-state index in [4.69, 9.17) is 0 Å². The van der Waals surface area contributed by atoms with Gasteiger partial charge in [0.2, 0.25) is 0 Å². The minimum Gasteiger partial charge on any atom is -0.300 e. The van der Waals surface area contributed by atoms with Gasteiger partial charge < -0.3 is 0 Å². The summed E-state index contributed by atoms with van der Waals surface area (Å²) in [7, 11) is 2.25. The molecule has 0 radical (unpaired) electrons. The second-order valence-electron chi connectivity index (χ2n) is 7.52. The highest BCUT2D eigenvalue weighted by Gasteiger charge is 2.49. The first-order valence-corrected chi connectivity index (χ1v) is 8.30. The Hall–Kier alpha value is -0.370. The molecule has 0 amide bonds. The third kappa shape index (κ3) is 2.37. The molecule has 108 valence electrons.